The van der Waals surface area contributed by atoms with Gasteiger partial charge in [0.25, 0.3) is 0 Å². The molecule has 112 valence electrons. The standard InChI is InChI=1S/C16H18BrNO2S/c1-19-12-7-10(11(17)8-13(12)20-2)16(18)15-6-9-4-3-5-14(9)21-15/h6-8,16H,3-5,18H2,1-2H3. The number of hydrogen-bond donors (Lipinski definition) is 1. The predicted octanol–water partition coefficient (Wildman–Crippen LogP) is 4.06. The summed E-state index contributed by atoms with van der Waals surface area (Å²) in [6.07, 6.45) is 3.65. The van der Waals surface area contributed by atoms with Gasteiger partial charge in [-0.15, -0.1) is 11.3 Å². The van der Waals surface area contributed by atoms with Gasteiger partial charge in [0.2, 0.25) is 0 Å². The summed E-state index contributed by atoms with van der Waals surface area (Å²) in [5, 5.41) is 0. The Labute approximate surface area is 137 Å². The number of methoxy groups -OCH3 is 2. The number of fused-ring (bicyclic) bond motifs is 1. The van der Waals surface area contributed by atoms with Crippen molar-refractivity contribution in [2.45, 2.75) is 25.3 Å². The van der Waals surface area contributed by atoms with Crippen LogP contribution in [0.15, 0.2) is 22.7 Å². The van der Waals surface area contributed by atoms with Crippen LogP contribution in [0, 0.1) is 0 Å². The molecule has 1 unspecified atom stereocenters. The fourth-order valence-electron chi connectivity index (χ4n) is 2.77. The number of nitrogens with two attached hydrogens (primary N) is 1. The van der Waals surface area contributed by atoms with Crippen molar-refractivity contribution in [2.24, 2.45) is 5.73 Å². The highest BCUT2D eigenvalue weighted by atomic mass is 79.9. The molecule has 0 radical (unpaired) electrons. The van der Waals surface area contributed by atoms with Crippen molar-refractivity contribution in [3.8, 4) is 11.5 Å². The molecule has 1 aromatic carbocycles. The van der Waals surface area contributed by atoms with E-state index in [-0.39, 0.29) is 6.04 Å². The molecule has 0 amide bonds. The average Bonchev–Trinajstić information content (AvgIpc) is 3.07. The number of thiophene rings is 1. The molecule has 3 rings (SSSR count). The summed E-state index contributed by atoms with van der Waals surface area (Å²) in [5.41, 5.74) is 8.97. The topological polar surface area (TPSA) is 44.5 Å². The van der Waals surface area contributed by atoms with Gasteiger partial charge in [0.15, 0.2) is 11.5 Å². The molecule has 1 heterocycles. The highest BCUT2D eigenvalue weighted by molar-refractivity contribution is 9.10. The molecule has 0 saturated carbocycles. The first-order valence-electron chi connectivity index (χ1n) is 6.92. The van der Waals surface area contributed by atoms with Crippen LogP contribution in [0.1, 0.15) is 33.3 Å². The normalized spacial score (nSPS) is 14.9. The van der Waals surface area contributed by atoms with Crippen LogP contribution in [0.5, 0.6) is 11.5 Å². The largest absolute Gasteiger partial charge is 0.493 e. The van der Waals surface area contributed by atoms with Crippen molar-refractivity contribution in [3.63, 3.8) is 0 Å². The molecule has 2 aromatic rings. The lowest BCUT2D eigenvalue weighted by Gasteiger charge is -2.16. The monoisotopic (exact) mass is 367 g/mol. The van der Waals surface area contributed by atoms with Crippen molar-refractivity contribution < 1.29 is 9.47 Å². The summed E-state index contributed by atoms with van der Waals surface area (Å²) in [6.45, 7) is 0. The summed E-state index contributed by atoms with van der Waals surface area (Å²) in [4.78, 5) is 2.71. The summed E-state index contributed by atoms with van der Waals surface area (Å²) < 4.78 is 11.6. The lowest BCUT2D eigenvalue weighted by Crippen LogP contribution is -2.11. The van der Waals surface area contributed by atoms with E-state index in [0.717, 1.165) is 10.0 Å². The molecule has 2 N–H and O–H groups in total. The second-order valence-electron chi connectivity index (χ2n) is 5.16. The maximum absolute atomic E-state index is 6.48. The lowest BCUT2D eigenvalue weighted by molar-refractivity contribution is 0.354. The van der Waals surface area contributed by atoms with Gasteiger partial charge in [-0.05, 0) is 48.6 Å². The summed E-state index contributed by atoms with van der Waals surface area (Å²) in [6, 6.07) is 5.99. The summed E-state index contributed by atoms with van der Waals surface area (Å²) >= 11 is 5.43. The Balaban J connectivity index is 1.98. The van der Waals surface area contributed by atoms with Crippen molar-refractivity contribution >= 4 is 27.3 Å². The van der Waals surface area contributed by atoms with E-state index in [0.29, 0.717) is 11.5 Å². The lowest BCUT2D eigenvalue weighted by atomic mass is 10.0. The van der Waals surface area contributed by atoms with Gasteiger partial charge in [-0.1, -0.05) is 15.9 Å². The van der Waals surface area contributed by atoms with E-state index in [1.807, 2.05) is 23.5 Å². The predicted molar refractivity (Wildman–Crippen MR) is 89.6 cm³/mol. The minimum atomic E-state index is -0.144. The van der Waals surface area contributed by atoms with Crippen LogP contribution in [0.2, 0.25) is 0 Å². The zero-order valence-electron chi connectivity index (χ0n) is 12.1. The van der Waals surface area contributed by atoms with Crippen LogP contribution in [-0.4, -0.2) is 14.2 Å². The van der Waals surface area contributed by atoms with Crippen molar-refractivity contribution in [3.05, 3.63) is 43.6 Å². The van der Waals surface area contributed by atoms with Gasteiger partial charge in [0.05, 0.1) is 20.3 Å². The Bertz CT molecular complexity index is 647. The summed E-state index contributed by atoms with van der Waals surface area (Å²) in [7, 11) is 3.27. The molecular weight excluding hydrogens is 350 g/mol. The number of rotatable bonds is 4. The molecule has 0 saturated heterocycles. The molecule has 5 heteroatoms. The molecule has 1 aliphatic carbocycles. The van der Waals surface area contributed by atoms with E-state index in [9.17, 15) is 0 Å². The zero-order chi connectivity index (χ0) is 15.0. The third kappa shape index (κ3) is 2.70. The molecule has 1 aromatic heterocycles. The van der Waals surface area contributed by atoms with Crippen LogP contribution < -0.4 is 15.2 Å². The van der Waals surface area contributed by atoms with Crippen molar-refractivity contribution in [1.29, 1.82) is 0 Å². The van der Waals surface area contributed by atoms with Gasteiger partial charge in [-0.25, -0.2) is 0 Å². The third-order valence-corrected chi connectivity index (χ3v) is 5.92. The zero-order valence-corrected chi connectivity index (χ0v) is 14.5. The van der Waals surface area contributed by atoms with Crippen LogP contribution in [0.25, 0.3) is 0 Å². The third-order valence-electron chi connectivity index (χ3n) is 3.91. The minimum Gasteiger partial charge on any atom is -0.493 e. The van der Waals surface area contributed by atoms with Crippen LogP contribution in [-0.2, 0) is 12.8 Å². The van der Waals surface area contributed by atoms with E-state index in [2.05, 4.69) is 22.0 Å². The molecule has 3 nitrogen and oxygen atoms in total. The van der Waals surface area contributed by atoms with Crippen LogP contribution >= 0.6 is 27.3 Å². The molecule has 1 atom stereocenters. The fourth-order valence-corrected chi connectivity index (χ4v) is 4.61. The molecule has 0 spiro atoms. The van der Waals surface area contributed by atoms with Crippen molar-refractivity contribution in [2.75, 3.05) is 14.2 Å². The van der Waals surface area contributed by atoms with E-state index >= 15 is 0 Å². The number of halogens is 1. The minimum absolute atomic E-state index is 0.144. The number of aryl methyl sites for hydroxylation is 2. The highest BCUT2D eigenvalue weighted by Gasteiger charge is 2.22. The Morgan fingerprint density at radius 3 is 2.52 bits per heavy atom. The van der Waals surface area contributed by atoms with Gasteiger partial charge < -0.3 is 15.2 Å². The number of ether oxygens (including phenoxy) is 2. The first-order valence-corrected chi connectivity index (χ1v) is 8.53. The molecule has 0 fully saturated rings. The van der Waals surface area contributed by atoms with Gasteiger partial charge in [0, 0.05) is 14.2 Å². The first-order chi connectivity index (χ1) is 10.1. The number of hydrogen-bond acceptors (Lipinski definition) is 4. The molecule has 21 heavy (non-hydrogen) atoms. The fraction of sp³-hybridized carbons (Fsp3) is 0.375. The first kappa shape index (κ1) is 14.9. The number of benzene rings is 1. The molecule has 1 aliphatic rings. The van der Waals surface area contributed by atoms with Gasteiger partial charge >= 0.3 is 0 Å². The maximum Gasteiger partial charge on any atom is 0.161 e. The Kier molecular flexibility index (Phi) is 4.24. The highest BCUT2D eigenvalue weighted by Crippen LogP contribution is 2.40. The average molecular weight is 368 g/mol. The van der Waals surface area contributed by atoms with Crippen LogP contribution in [0.3, 0.4) is 0 Å². The van der Waals surface area contributed by atoms with E-state index in [4.69, 9.17) is 15.2 Å². The van der Waals surface area contributed by atoms with Gasteiger partial charge in [-0.3, -0.25) is 0 Å². The SMILES string of the molecule is COc1cc(Br)c(C(N)c2cc3c(s2)CCC3)cc1OC. The van der Waals surface area contributed by atoms with Gasteiger partial charge in [-0.2, -0.15) is 0 Å². The van der Waals surface area contributed by atoms with E-state index in [1.54, 1.807) is 14.2 Å². The summed E-state index contributed by atoms with van der Waals surface area (Å²) in [5.74, 6) is 1.41. The quantitative estimate of drug-likeness (QED) is 0.885. The van der Waals surface area contributed by atoms with E-state index < -0.39 is 0 Å². The van der Waals surface area contributed by atoms with Crippen molar-refractivity contribution in [1.82, 2.24) is 0 Å². The van der Waals surface area contributed by atoms with Crippen LogP contribution in [0.4, 0.5) is 0 Å². The molecule has 0 aliphatic heterocycles. The molecular formula is C16H18BrNO2S. The molecule has 0 bridgehead atoms. The Morgan fingerprint density at radius 2 is 1.86 bits per heavy atom. The van der Waals surface area contributed by atoms with Gasteiger partial charge in [0.1, 0.15) is 0 Å². The Morgan fingerprint density at radius 1 is 1.14 bits per heavy atom. The smallest absolute Gasteiger partial charge is 0.161 e. The van der Waals surface area contributed by atoms with E-state index in [1.165, 1.54) is 34.6 Å². The Hall–Kier alpha value is -1.04. The maximum atomic E-state index is 6.48. The second-order valence-corrected chi connectivity index (χ2v) is 7.18. The second kappa shape index (κ2) is 5.99.